The predicted molar refractivity (Wildman–Crippen MR) is 68.3 cm³/mol. The molecule has 0 aliphatic heterocycles. The lowest BCUT2D eigenvalue weighted by molar-refractivity contribution is -0.327. The first kappa shape index (κ1) is 19.8. The molecule has 1 aliphatic rings. The van der Waals surface area contributed by atoms with Crippen LogP contribution < -0.4 is 0 Å². The van der Waals surface area contributed by atoms with Crippen LogP contribution in [-0.4, -0.2) is 35.1 Å². The largest absolute Gasteiger partial charge is 0.455 e. The SMILES string of the molecule is C=CC(=O)OC(C1CCCCC1)C(O)(CC(F)(F)F)C(F)(F)F. The van der Waals surface area contributed by atoms with Gasteiger partial charge in [-0.2, -0.15) is 26.3 Å². The zero-order valence-electron chi connectivity index (χ0n) is 12.2. The van der Waals surface area contributed by atoms with Gasteiger partial charge in [0, 0.05) is 6.08 Å². The Hall–Kier alpha value is -1.25. The van der Waals surface area contributed by atoms with E-state index in [0.29, 0.717) is 18.9 Å². The van der Waals surface area contributed by atoms with Gasteiger partial charge in [0.15, 0.2) is 0 Å². The monoisotopic (exact) mass is 348 g/mol. The van der Waals surface area contributed by atoms with Crippen molar-refractivity contribution in [1.82, 2.24) is 0 Å². The summed E-state index contributed by atoms with van der Waals surface area (Å²) in [5, 5.41) is 9.88. The van der Waals surface area contributed by atoms with Gasteiger partial charge in [0.25, 0.3) is 0 Å². The summed E-state index contributed by atoms with van der Waals surface area (Å²) in [6, 6.07) is 0. The first-order valence-electron chi connectivity index (χ1n) is 7.09. The fourth-order valence-corrected chi connectivity index (χ4v) is 2.86. The molecule has 0 radical (unpaired) electrons. The van der Waals surface area contributed by atoms with E-state index >= 15 is 0 Å². The third-order valence-corrected chi connectivity index (χ3v) is 3.92. The van der Waals surface area contributed by atoms with Crippen LogP contribution in [0.5, 0.6) is 0 Å². The van der Waals surface area contributed by atoms with Crippen molar-refractivity contribution in [2.45, 2.75) is 62.6 Å². The number of ether oxygens (including phenoxy) is 1. The van der Waals surface area contributed by atoms with Gasteiger partial charge in [-0.25, -0.2) is 4.79 Å². The second-order valence-electron chi connectivity index (χ2n) is 5.67. The Morgan fingerprint density at radius 3 is 2.09 bits per heavy atom. The number of esters is 1. The summed E-state index contributed by atoms with van der Waals surface area (Å²) in [7, 11) is 0. The maximum absolute atomic E-state index is 13.2. The Bertz CT molecular complexity index is 425. The van der Waals surface area contributed by atoms with E-state index in [2.05, 4.69) is 11.3 Å². The zero-order valence-corrected chi connectivity index (χ0v) is 12.2. The molecule has 0 aromatic carbocycles. The van der Waals surface area contributed by atoms with Crippen LogP contribution in [0.4, 0.5) is 26.3 Å². The summed E-state index contributed by atoms with van der Waals surface area (Å²) in [4.78, 5) is 11.3. The molecule has 1 saturated carbocycles. The molecular weight excluding hydrogens is 330 g/mol. The van der Waals surface area contributed by atoms with Crippen LogP contribution in [0.15, 0.2) is 12.7 Å². The van der Waals surface area contributed by atoms with Crippen molar-refractivity contribution in [3.8, 4) is 0 Å². The van der Waals surface area contributed by atoms with Gasteiger partial charge >= 0.3 is 18.3 Å². The second-order valence-corrected chi connectivity index (χ2v) is 5.67. The molecule has 9 heteroatoms. The number of aliphatic hydroxyl groups is 1. The van der Waals surface area contributed by atoms with E-state index in [0.717, 1.165) is 6.42 Å². The molecule has 1 rings (SSSR count). The average Bonchev–Trinajstić information content (AvgIpc) is 2.42. The molecule has 1 fully saturated rings. The molecule has 1 aliphatic carbocycles. The van der Waals surface area contributed by atoms with Crippen molar-refractivity contribution in [3.63, 3.8) is 0 Å². The minimum atomic E-state index is -5.61. The minimum Gasteiger partial charge on any atom is -0.455 e. The van der Waals surface area contributed by atoms with E-state index in [1.807, 2.05) is 0 Å². The van der Waals surface area contributed by atoms with E-state index in [1.165, 1.54) is 0 Å². The Balaban J connectivity index is 3.24. The quantitative estimate of drug-likeness (QED) is 0.466. The molecule has 0 aromatic heterocycles. The van der Waals surface area contributed by atoms with Gasteiger partial charge in [0.05, 0.1) is 6.42 Å². The Morgan fingerprint density at radius 2 is 1.70 bits per heavy atom. The summed E-state index contributed by atoms with van der Waals surface area (Å²) in [5.41, 5.74) is -4.19. The smallest absolute Gasteiger partial charge is 0.421 e. The van der Waals surface area contributed by atoms with Crippen LogP contribution in [-0.2, 0) is 9.53 Å². The molecule has 3 nitrogen and oxygen atoms in total. The summed E-state index contributed by atoms with van der Waals surface area (Å²) in [5.74, 6) is -2.30. The van der Waals surface area contributed by atoms with Gasteiger partial charge in [0.1, 0.15) is 6.10 Å². The van der Waals surface area contributed by atoms with Crippen molar-refractivity contribution in [2.75, 3.05) is 0 Å². The van der Waals surface area contributed by atoms with Crippen LogP contribution in [0.1, 0.15) is 38.5 Å². The lowest BCUT2D eigenvalue weighted by Gasteiger charge is -2.42. The summed E-state index contributed by atoms with van der Waals surface area (Å²) < 4.78 is 82.1. The van der Waals surface area contributed by atoms with Crippen molar-refractivity contribution < 1.29 is 41.0 Å². The van der Waals surface area contributed by atoms with Crippen LogP contribution in [0.25, 0.3) is 0 Å². The number of carbonyl (C=O) groups excluding carboxylic acids is 1. The van der Waals surface area contributed by atoms with Crippen molar-refractivity contribution in [1.29, 1.82) is 0 Å². The lowest BCUT2D eigenvalue weighted by Crippen LogP contribution is -2.60. The molecule has 1 N–H and O–H groups in total. The van der Waals surface area contributed by atoms with Crippen LogP contribution in [0, 0.1) is 5.92 Å². The van der Waals surface area contributed by atoms with E-state index in [-0.39, 0.29) is 12.8 Å². The maximum Gasteiger partial charge on any atom is 0.421 e. The summed E-state index contributed by atoms with van der Waals surface area (Å²) in [6.07, 6.45) is -13.2. The number of carbonyl (C=O) groups is 1. The summed E-state index contributed by atoms with van der Waals surface area (Å²) >= 11 is 0. The molecule has 23 heavy (non-hydrogen) atoms. The highest BCUT2D eigenvalue weighted by atomic mass is 19.4. The number of hydrogen-bond donors (Lipinski definition) is 1. The summed E-state index contributed by atoms with van der Waals surface area (Å²) in [6.45, 7) is 3.02. The maximum atomic E-state index is 13.2. The Kier molecular flexibility index (Phi) is 6.12. The van der Waals surface area contributed by atoms with Gasteiger partial charge in [-0.15, -0.1) is 0 Å². The second kappa shape index (κ2) is 7.11. The molecule has 0 bridgehead atoms. The molecular formula is C14H18F6O3. The number of halogens is 6. The third kappa shape index (κ3) is 5.12. The molecule has 2 atom stereocenters. The molecule has 0 amide bonds. The van der Waals surface area contributed by atoms with Crippen molar-refractivity contribution >= 4 is 5.97 Å². The van der Waals surface area contributed by atoms with E-state index in [4.69, 9.17) is 0 Å². The molecule has 0 aromatic rings. The number of hydrogen-bond acceptors (Lipinski definition) is 3. The van der Waals surface area contributed by atoms with E-state index < -0.39 is 42.4 Å². The van der Waals surface area contributed by atoms with E-state index in [9.17, 15) is 36.2 Å². The number of rotatable bonds is 5. The van der Waals surface area contributed by atoms with E-state index in [1.54, 1.807) is 0 Å². The lowest BCUT2D eigenvalue weighted by atomic mass is 9.76. The van der Waals surface area contributed by atoms with Gasteiger partial charge in [-0.3, -0.25) is 0 Å². The fourth-order valence-electron chi connectivity index (χ4n) is 2.86. The minimum absolute atomic E-state index is 0.144. The molecule has 0 spiro atoms. The van der Waals surface area contributed by atoms with Gasteiger partial charge in [-0.1, -0.05) is 25.8 Å². The van der Waals surface area contributed by atoms with Crippen molar-refractivity contribution in [2.24, 2.45) is 5.92 Å². The van der Waals surface area contributed by atoms with Crippen LogP contribution >= 0.6 is 0 Å². The van der Waals surface area contributed by atoms with Crippen LogP contribution in [0.3, 0.4) is 0 Å². The first-order valence-corrected chi connectivity index (χ1v) is 7.09. The fraction of sp³-hybridized carbons (Fsp3) is 0.786. The predicted octanol–water partition coefficient (Wildman–Crippen LogP) is 3.91. The molecule has 0 heterocycles. The normalized spacial score (nSPS) is 21.3. The highest BCUT2D eigenvalue weighted by molar-refractivity contribution is 5.81. The first-order chi connectivity index (χ1) is 10.4. The Morgan fingerprint density at radius 1 is 1.17 bits per heavy atom. The third-order valence-electron chi connectivity index (χ3n) is 3.92. The zero-order chi connectivity index (χ0) is 17.9. The Labute approximate surface area is 129 Å². The molecule has 134 valence electrons. The standard InChI is InChI=1S/C14H18F6O3/c1-2-10(21)23-11(9-6-4-3-5-7-9)12(22,14(18,19)20)8-13(15,16)17/h2,9,11,22H,1,3-8H2. The molecule has 0 saturated heterocycles. The van der Waals surface area contributed by atoms with Gasteiger partial charge in [-0.05, 0) is 18.8 Å². The van der Waals surface area contributed by atoms with Crippen molar-refractivity contribution in [3.05, 3.63) is 12.7 Å². The average molecular weight is 348 g/mol. The highest BCUT2D eigenvalue weighted by Gasteiger charge is 2.65. The van der Waals surface area contributed by atoms with Gasteiger partial charge in [0.2, 0.25) is 5.60 Å². The topological polar surface area (TPSA) is 46.5 Å². The number of alkyl halides is 6. The van der Waals surface area contributed by atoms with Gasteiger partial charge < -0.3 is 9.84 Å². The molecule has 2 unspecified atom stereocenters. The highest BCUT2D eigenvalue weighted by Crippen LogP contribution is 2.46. The van der Waals surface area contributed by atoms with Crippen LogP contribution in [0.2, 0.25) is 0 Å².